The van der Waals surface area contributed by atoms with Gasteiger partial charge in [0.1, 0.15) is 0 Å². The zero-order valence-electron chi connectivity index (χ0n) is 12.4. The fraction of sp³-hybridized carbons (Fsp3) is 0.222. The van der Waals surface area contributed by atoms with Crippen molar-refractivity contribution in [2.75, 3.05) is 6.54 Å². The number of para-hydroxylation sites is 1. The molecule has 0 fully saturated rings. The van der Waals surface area contributed by atoms with Gasteiger partial charge in [-0.15, -0.1) is 0 Å². The van der Waals surface area contributed by atoms with Crippen molar-refractivity contribution in [2.24, 2.45) is 0 Å². The van der Waals surface area contributed by atoms with E-state index < -0.39 is 0 Å². The smallest absolute Gasteiger partial charge is 0.0766 e. The Bertz CT molecular complexity index is 752. The molecule has 0 radical (unpaired) electrons. The Morgan fingerprint density at radius 3 is 2.76 bits per heavy atom. The average molecular weight is 277 g/mol. The summed E-state index contributed by atoms with van der Waals surface area (Å²) in [6, 6.07) is 14.6. The molecule has 2 heterocycles. The van der Waals surface area contributed by atoms with E-state index >= 15 is 0 Å². The maximum atomic E-state index is 4.56. The Kier molecular flexibility index (Phi) is 3.93. The van der Waals surface area contributed by atoms with Crippen LogP contribution in [0, 0.1) is 6.92 Å². The third kappa shape index (κ3) is 2.93. The summed E-state index contributed by atoms with van der Waals surface area (Å²) in [5.41, 5.74) is 4.42. The molecular weight excluding hydrogens is 258 g/mol. The van der Waals surface area contributed by atoms with Gasteiger partial charge in [0.15, 0.2) is 0 Å². The average Bonchev–Trinajstić information content (AvgIpc) is 2.52. The van der Waals surface area contributed by atoms with Gasteiger partial charge in [0.2, 0.25) is 0 Å². The maximum absolute atomic E-state index is 4.56. The summed E-state index contributed by atoms with van der Waals surface area (Å²) >= 11 is 0. The molecule has 0 aliphatic heterocycles. The number of rotatable bonds is 4. The van der Waals surface area contributed by atoms with Crippen LogP contribution in [0.25, 0.3) is 10.9 Å². The largest absolute Gasteiger partial charge is 0.305 e. The minimum Gasteiger partial charge on any atom is -0.305 e. The van der Waals surface area contributed by atoms with Crippen molar-refractivity contribution in [1.82, 2.24) is 15.3 Å². The highest BCUT2D eigenvalue weighted by Gasteiger charge is 2.15. The Morgan fingerprint density at radius 1 is 1.10 bits per heavy atom. The molecule has 0 bridgehead atoms. The zero-order valence-corrected chi connectivity index (χ0v) is 12.4. The summed E-state index contributed by atoms with van der Waals surface area (Å²) in [7, 11) is 0. The predicted molar refractivity (Wildman–Crippen MR) is 86.2 cm³/mol. The van der Waals surface area contributed by atoms with Gasteiger partial charge in [0, 0.05) is 17.8 Å². The molecule has 3 heteroatoms. The first kappa shape index (κ1) is 13.7. The Morgan fingerprint density at radius 2 is 1.95 bits per heavy atom. The molecule has 3 rings (SSSR count). The van der Waals surface area contributed by atoms with Crippen molar-refractivity contribution >= 4 is 10.9 Å². The highest BCUT2D eigenvalue weighted by Crippen LogP contribution is 2.23. The molecule has 1 aromatic carbocycles. The molecule has 0 saturated heterocycles. The van der Waals surface area contributed by atoms with Gasteiger partial charge in [-0.25, -0.2) is 0 Å². The van der Waals surface area contributed by atoms with Gasteiger partial charge < -0.3 is 5.32 Å². The van der Waals surface area contributed by atoms with Crippen LogP contribution in [-0.4, -0.2) is 16.5 Å². The number of hydrogen-bond donors (Lipinski definition) is 1. The number of fused-ring (bicyclic) bond motifs is 1. The van der Waals surface area contributed by atoms with Gasteiger partial charge in [0.25, 0.3) is 0 Å². The second-order valence-corrected chi connectivity index (χ2v) is 5.21. The van der Waals surface area contributed by atoms with Crippen molar-refractivity contribution in [3.63, 3.8) is 0 Å². The van der Waals surface area contributed by atoms with Crippen LogP contribution in [0.3, 0.4) is 0 Å². The highest BCUT2D eigenvalue weighted by atomic mass is 14.9. The van der Waals surface area contributed by atoms with Crippen LogP contribution in [0.15, 0.2) is 54.9 Å². The fourth-order valence-corrected chi connectivity index (χ4v) is 2.56. The van der Waals surface area contributed by atoms with Crippen molar-refractivity contribution in [2.45, 2.75) is 19.9 Å². The Labute approximate surface area is 125 Å². The van der Waals surface area contributed by atoms with Crippen molar-refractivity contribution in [3.05, 3.63) is 71.7 Å². The van der Waals surface area contributed by atoms with Gasteiger partial charge >= 0.3 is 0 Å². The fourth-order valence-electron chi connectivity index (χ4n) is 2.56. The molecular formula is C18H19N3. The van der Waals surface area contributed by atoms with Crippen molar-refractivity contribution in [3.8, 4) is 0 Å². The molecule has 0 spiro atoms. The van der Waals surface area contributed by atoms with E-state index in [1.54, 1.807) is 0 Å². The minimum atomic E-state index is 0.0759. The first-order valence-electron chi connectivity index (χ1n) is 7.28. The SMILES string of the molecule is CCNC(c1cnc2ccccc2c1)c1cc(C)ccn1. The summed E-state index contributed by atoms with van der Waals surface area (Å²) in [6.07, 6.45) is 3.81. The van der Waals surface area contributed by atoms with E-state index in [1.165, 1.54) is 5.56 Å². The van der Waals surface area contributed by atoms with Crippen LogP contribution < -0.4 is 5.32 Å². The number of pyridine rings is 2. The molecule has 3 aromatic rings. The number of aryl methyl sites for hydroxylation is 1. The van der Waals surface area contributed by atoms with Gasteiger partial charge in [0.05, 0.1) is 17.3 Å². The van der Waals surface area contributed by atoms with E-state index in [9.17, 15) is 0 Å². The molecule has 2 aromatic heterocycles. The molecule has 21 heavy (non-hydrogen) atoms. The van der Waals surface area contributed by atoms with Crippen LogP contribution >= 0.6 is 0 Å². The third-order valence-electron chi connectivity index (χ3n) is 3.59. The molecule has 1 N–H and O–H groups in total. The van der Waals surface area contributed by atoms with Gasteiger partial charge in [-0.3, -0.25) is 9.97 Å². The number of hydrogen-bond acceptors (Lipinski definition) is 3. The first-order valence-corrected chi connectivity index (χ1v) is 7.28. The lowest BCUT2D eigenvalue weighted by molar-refractivity contribution is 0.614. The quantitative estimate of drug-likeness (QED) is 0.791. The van der Waals surface area contributed by atoms with E-state index in [0.29, 0.717) is 0 Å². The lowest BCUT2D eigenvalue weighted by Gasteiger charge is -2.18. The van der Waals surface area contributed by atoms with E-state index in [4.69, 9.17) is 0 Å². The molecule has 106 valence electrons. The second-order valence-electron chi connectivity index (χ2n) is 5.21. The lowest BCUT2D eigenvalue weighted by atomic mass is 10.0. The van der Waals surface area contributed by atoms with Crippen LogP contribution in [-0.2, 0) is 0 Å². The number of nitrogens with zero attached hydrogens (tertiary/aromatic N) is 2. The minimum absolute atomic E-state index is 0.0759. The van der Waals surface area contributed by atoms with Crippen LogP contribution in [0.4, 0.5) is 0 Å². The van der Waals surface area contributed by atoms with Gasteiger partial charge in [-0.1, -0.05) is 25.1 Å². The molecule has 0 amide bonds. The van der Waals surface area contributed by atoms with Crippen LogP contribution in [0.2, 0.25) is 0 Å². The lowest BCUT2D eigenvalue weighted by Crippen LogP contribution is -2.23. The van der Waals surface area contributed by atoms with Crippen LogP contribution in [0.1, 0.15) is 29.8 Å². The standard InChI is InChI=1S/C18H19N3/c1-3-19-18(17-10-13(2)8-9-20-17)15-11-14-6-4-5-7-16(14)21-12-15/h4-12,18-19H,3H2,1-2H3. The summed E-state index contributed by atoms with van der Waals surface area (Å²) < 4.78 is 0. The third-order valence-corrected chi connectivity index (χ3v) is 3.59. The molecule has 1 unspecified atom stereocenters. The molecule has 0 aliphatic rings. The monoisotopic (exact) mass is 277 g/mol. The zero-order chi connectivity index (χ0) is 14.7. The first-order chi connectivity index (χ1) is 10.3. The normalized spacial score (nSPS) is 12.5. The van der Waals surface area contributed by atoms with Crippen molar-refractivity contribution in [1.29, 1.82) is 0 Å². The second kappa shape index (κ2) is 6.02. The van der Waals surface area contributed by atoms with Gasteiger partial charge in [-0.2, -0.15) is 0 Å². The topological polar surface area (TPSA) is 37.8 Å². The molecule has 1 atom stereocenters. The number of benzene rings is 1. The van der Waals surface area contributed by atoms with E-state index in [0.717, 1.165) is 28.7 Å². The number of aromatic nitrogens is 2. The molecule has 0 saturated carbocycles. The molecule has 0 aliphatic carbocycles. The molecule has 3 nitrogen and oxygen atoms in total. The predicted octanol–water partition coefficient (Wildman–Crippen LogP) is 3.64. The van der Waals surface area contributed by atoms with Crippen molar-refractivity contribution < 1.29 is 0 Å². The maximum Gasteiger partial charge on any atom is 0.0766 e. The van der Waals surface area contributed by atoms with Crippen LogP contribution in [0.5, 0.6) is 0 Å². The number of nitrogens with one attached hydrogen (secondary N) is 1. The highest BCUT2D eigenvalue weighted by molar-refractivity contribution is 5.78. The summed E-state index contributed by atoms with van der Waals surface area (Å²) in [5.74, 6) is 0. The van der Waals surface area contributed by atoms with Gasteiger partial charge in [-0.05, 0) is 48.9 Å². The van der Waals surface area contributed by atoms with E-state index in [1.807, 2.05) is 36.7 Å². The van der Waals surface area contributed by atoms with E-state index in [-0.39, 0.29) is 6.04 Å². The summed E-state index contributed by atoms with van der Waals surface area (Å²) in [4.78, 5) is 9.09. The summed E-state index contributed by atoms with van der Waals surface area (Å²) in [6.45, 7) is 5.08. The Balaban J connectivity index is 2.06. The van der Waals surface area contributed by atoms with E-state index in [2.05, 4.69) is 47.3 Å². The summed E-state index contributed by atoms with van der Waals surface area (Å²) in [5, 5.41) is 4.66. The Hall–Kier alpha value is -2.26.